The number of ether oxygens (including phenoxy) is 1. The molecule has 1 fully saturated rings. The highest BCUT2D eigenvalue weighted by Gasteiger charge is 2.34. The van der Waals surface area contributed by atoms with Crippen molar-refractivity contribution in [3.8, 4) is 5.75 Å². The fraction of sp³-hybridized carbons (Fsp3) is 0.444. The van der Waals surface area contributed by atoms with Crippen molar-refractivity contribution in [2.75, 3.05) is 24.6 Å². The number of aromatic nitrogens is 2. The smallest absolute Gasteiger partial charge is 0.266 e. The van der Waals surface area contributed by atoms with Crippen molar-refractivity contribution in [3.63, 3.8) is 0 Å². The van der Waals surface area contributed by atoms with Crippen molar-refractivity contribution in [1.82, 2.24) is 15.0 Å². The van der Waals surface area contributed by atoms with Crippen molar-refractivity contribution in [1.29, 1.82) is 0 Å². The van der Waals surface area contributed by atoms with E-state index in [0.717, 1.165) is 30.7 Å². The first-order chi connectivity index (χ1) is 12.6. The van der Waals surface area contributed by atoms with Crippen LogP contribution >= 0.6 is 0 Å². The number of pyridine rings is 1. The Bertz CT molecular complexity index is 834. The summed E-state index contributed by atoms with van der Waals surface area (Å²) < 4.78 is 10.6. The summed E-state index contributed by atoms with van der Waals surface area (Å²) in [5.74, 6) is 1.24. The monoisotopic (exact) mass is 356 g/mol. The van der Waals surface area contributed by atoms with Crippen molar-refractivity contribution in [2.24, 2.45) is 0 Å². The zero-order valence-corrected chi connectivity index (χ0v) is 14.6. The minimum absolute atomic E-state index is 0.0560. The van der Waals surface area contributed by atoms with E-state index in [-0.39, 0.29) is 31.0 Å². The first kappa shape index (κ1) is 16.6. The minimum atomic E-state index is -0.268. The topological polar surface area (TPSA) is 88.8 Å². The second-order valence-corrected chi connectivity index (χ2v) is 6.55. The van der Waals surface area contributed by atoms with Crippen LogP contribution in [0.5, 0.6) is 5.75 Å². The summed E-state index contributed by atoms with van der Waals surface area (Å²) in [6.45, 7) is 2.33. The molecule has 0 aliphatic carbocycles. The molecule has 2 amide bonds. The predicted octanol–water partition coefficient (Wildman–Crippen LogP) is 1.86. The molecule has 0 N–H and O–H groups in total. The number of hydrogen-bond acceptors (Lipinski definition) is 6. The van der Waals surface area contributed by atoms with E-state index in [4.69, 9.17) is 9.26 Å². The van der Waals surface area contributed by atoms with Gasteiger partial charge in [0.05, 0.1) is 6.04 Å². The van der Waals surface area contributed by atoms with Gasteiger partial charge in [-0.15, -0.1) is 0 Å². The zero-order valence-electron chi connectivity index (χ0n) is 14.6. The molecule has 2 aromatic rings. The maximum Gasteiger partial charge on any atom is 0.266 e. The molecule has 4 heterocycles. The lowest BCUT2D eigenvalue weighted by molar-refractivity contribution is -0.135. The number of fused-ring (bicyclic) bond motifs is 1. The maximum absolute atomic E-state index is 13.0. The van der Waals surface area contributed by atoms with Crippen LogP contribution in [-0.4, -0.2) is 46.6 Å². The molecule has 1 atom stereocenters. The fourth-order valence-electron chi connectivity index (χ4n) is 3.50. The van der Waals surface area contributed by atoms with Gasteiger partial charge in [-0.05, 0) is 38.3 Å². The van der Waals surface area contributed by atoms with Crippen LogP contribution in [0.4, 0.5) is 5.82 Å². The van der Waals surface area contributed by atoms with Crippen LogP contribution < -0.4 is 9.64 Å². The molecule has 2 aliphatic heterocycles. The third-order valence-electron chi connectivity index (χ3n) is 4.76. The number of carbonyl (C=O) groups is 2. The SMILES string of the molecule is Cc1cc(C2CCCCN2C(=O)CN2C(=O)COc3cccnc32)no1. The summed E-state index contributed by atoms with van der Waals surface area (Å²) in [4.78, 5) is 32.7. The highest BCUT2D eigenvalue weighted by Crippen LogP contribution is 2.32. The summed E-state index contributed by atoms with van der Waals surface area (Å²) in [5.41, 5.74) is 0.766. The van der Waals surface area contributed by atoms with E-state index in [0.29, 0.717) is 18.1 Å². The van der Waals surface area contributed by atoms with E-state index in [1.54, 1.807) is 23.2 Å². The van der Waals surface area contributed by atoms with Gasteiger partial charge in [0.1, 0.15) is 18.0 Å². The minimum Gasteiger partial charge on any atom is -0.480 e. The van der Waals surface area contributed by atoms with Crippen LogP contribution in [0.25, 0.3) is 0 Å². The molecular formula is C18H20N4O4. The number of hydrogen-bond donors (Lipinski definition) is 0. The van der Waals surface area contributed by atoms with Gasteiger partial charge in [-0.1, -0.05) is 5.16 Å². The number of aryl methyl sites for hydroxylation is 1. The first-order valence-electron chi connectivity index (χ1n) is 8.74. The average Bonchev–Trinajstić information content (AvgIpc) is 3.10. The van der Waals surface area contributed by atoms with E-state index in [1.807, 2.05) is 13.0 Å². The molecule has 0 saturated carbocycles. The van der Waals surface area contributed by atoms with Crippen LogP contribution in [0.1, 0.15) is 36.8 Å². The Morgan fingerprint density at radius 2 is 2.27 bits per heavy atom. The summed E-state index contributed by atoms with van der Waals surface area (Å²) in [6.07, 6.45) is 4.38. The number of rotatable bonds is 3. The molecule has 8 heteroatoms. The van der Waals surface area contributed by atoms with Crippen molar-refractivity contribution < 1.29 is 18.8 Å². The van der Waals surface area contributed by atoms with E-state index in [1.165, 1.54) is 4.90 Å². The second-order valence-electron chi connectivity index (χ2n) is 6.55. The molecule has 1 saturated heterocycles. The number of carbonyl (C=O) groups excluding carboxylic acids is 2. The van der Waals surface area contributed by atoms with Crippen LogP contribution in [0.2, 0.25) is 0 Å². The fourth-order valence-corrected chi connectivity index (χ4v) is 3.50. The molecule has 1 unspecified atom stereocenters. The third-order valence-corrected chi connectivity index (χ3v) is 4.76. The van der Waals surface area contributed by atoms with Gasteiger partial charge in [0.15, 0.2) is 18.2 Å². The molecule has 8 nitrogen and oxygen atoms in total. The van der Waals surface area contributed by atoms with Gasteiger partial charge in [-0.25, -0.2) is 4.98 Å². The predicted molar refractivity (Wildman–Crippen MR) is 91.6 cm³/mol. The molecule has 2 aromatic heterocycles. The van der Waals surface area contributed by atoms with Crippen LogP contribution in [0.15, 0.2) is 28.9 Å². The second kappa shape index (κ2) is 6.78. The number of likely N-dealkylation sites (tertiary alicyclic amines) is 1. The Hall–Kier alpha value is -2.90. The Labute approximate surface area is 150 Å². The van der Waals surface area contributed by atoms with Crippen molar-refractivity contribution >= 4 is 17.6 Å². The molecule has 0 bridgehead atoms. The molecule has 26 heavy (non-hydrogen) atoms. The number of piperidine rings is 1. The van der Waals surface area contributed by atoms with E-state index in [2.05, 4.69) is 10.1 Å². The molecule has 136 valence electrons. The number of amides is 2. The standard InChI is InChI=1S/C18H20N4O4/c1-12-9-13(20-26-12)14-5-2-3-8-21(14)16(23)10-22-17(24)11-25-15-6-4-7-19-18(15)22/h4,6-7,9,14H,2-3,5,8,10-11H2,1H3. The number of nitrogens with zero attached hydrogens (tertiary/aromatic N) is 4. The maximum atomic E-state index is 13.0. The van der Waals surface area contributed by atoms with Gasteiger partial charge < -0.3 is 14.2 Å². The zero-order chi connectivity index (χ0) is 18.1. The van der Waals surface area contributed by atoms with Crippen LogP contribution in [-0.2, 0) is 9.59 Å². The van der Waals surface area contributed by atoms with E-state index >= 15 is 0 Å². The molecule has 0 radical (unpaired) electrons. The van der Waals surface area contributed by atoms with Gasteiger partial charge in [0.25, 0.3) is 5.91 Å². The molecule has 0 spiro atoms. The highest BCUT2D eigenvalue weighted by molar-refractivity contribution is 6.01. The quantitative estimate of drug-likeness (QED) is 0.834. The number of anilines is 1. The summed E-state index contributed by atoms with van der Waals surface area (Å²) in [6, 6.07) is 5.23. The lowest BCUT2D eigenvalue weighted by Crippen LogP contribution is -2.48. The van der Waals surface area contributed by atoms with E-state index in [9.17, 15) is 9.59 Å². The Kier molecular flexibility index (Phi) is 4.32. The molecule has 0 aromatic carbocycles. The summed E-state index contributed by atoms with van der Waals surface area (Å²) >= 11 is 0. The highest BCUT2D eigenvalue weighted by atomic mass is 16.5. The lowest BCUT2D eigenvalue weighted by Gasteiger charge is -2.36. The van der Waals surface area contributed by atoms with Gasteiger partial charge in [0.2, 0.25) is 5.91 Å². The largest absolute Gasteiger partial charge is 0.480 e. The summed E-state index contributed by atoms with van der Waals surface area (Å²) in [5, 5.41) is 4.09. The van der Waals surface area contributed by atoms with Gasteiger partial charge in [-0.3, -0.25) is 14.5 Å². The van der Waals surface area contributed by atoms with Gasteiger partial charge in [0, 0.05) is 18.8 Å². The lowest BCUT2D eigenvalue weighted by atomic mass is 9.99. The molecule has 2 aliphatic rings. The third kappa shape index (κ3) is 3.02. The first-order valence-corrected chi connectivity index (χ1v) is 8.74. The molecular weight excluding hydrogens is 336 g/mol. The van der Waals surface area contributed by atoms with Crippen LogP contribution in [0.3, 0.4) is 0 Å². The van der Waals surface area contributed by atoms with Gasteiger partial charge >= 0.3 is 0 Å². The van der Waals surface area contributed by atoms with Crippen molar-refractivity contribution in [2.45, 2.75) is 32.2 Å². The Morgan fingerprint density at radius 1 is 1.38 bits per heavy atom. The Morgan fingerprint density at radius 3 is 3.08 bits per heavy atom. The molecule has 4 rings (SSSR count). The van der Waals surface area contributed by atoms with Gasteiger partial charge in [-0.2, -0.15) is 0 Å². The van der Waals surface area contributed by atoms with Crippen LogP contribution in [0, 0.1) is 6.92 Å². The average molecular weight is 356 g/mol. The normalized spacial score (nSPS) is 19.9. The van der Waals surface area contributed by atoms with E-state index < -0.39 is 0 Å². The summed E-state index contributed by atoms with van der Waals surface area (Å²) in [7, 11) is 0. The van der Waals surface area contributed by atoms with Crippen molar-refractivity contribution in [3.05, 3.63) is 35.9 Å². The Balaban J connectivity index is 1.56.